The van der Waals surface area contributed by atoms with E-state index in [1.165, 1.54) is 18.2 Å². The third-order valence-electron chi connectivity index (χ3n) is 2.96. The number of anilines is 1. The lowest BCUT2D eigenvalue weighted by molar-refractivity contribution is -0.116. The van der Waals surface area contributed by atoms with Crippen molar-refractivity contribution in [1.82, 2.24) is 4.72 Å². The maximum atomic E-state index is 12.3. The van der Waals surface area contributed by atoms with E-state index in [9.17, 15) is 18.0 Å². The molecule has 2 amide bonds. The molecule has 0 atom stereocenters. The van der Waals surface area contributed by atoms with Crippen molar-refractivity contribution in [3.8, 4) is 0 Å². The third kappa shape index (κ3) is 4.63. The number of carbonyl (C=O) groups is 2. The lowest BCUT2D eigenvalue weighted by Crippen LogP contribution is -2.33. The first-order valence-electron chi connectivity index (χ1n) is 6.73. The summed E-state index contributed by atoms with van der Waals surface area (Å²) in [6.07, 6.45) is 0. The van der Waals surface area contributed by atoms with E-state index in [0.717, 1.165) is 0 Å². The molecule has 9 heteroatoms. The minimum atomic E-state index is -3.95. The molecule has 0 radical (unpaired) electrons. The van der Waals surface area contributed by atoms with E-state index < -0.39 is 28.4 Å². The van der Waals surface area contributed by atoms with E-state index in [1.807, 2.05) is 6.07 Å². The van der Waals surface area contributed by atoms with E-state index in [4.69, 9.17) is 5.73 Å². The summed E-state index contributed by atoms with van der Waals surface area (Å²) in [4.78, 5) is 22.9. The monoisotopic (exact) mass is 411 g/mol. The number of hydrogen-bond acceptors (Lipinski definition) is 4. The second kappa shape index (κ2) is 7.56. The Labute approximate surface area is 147 Å². The summed E-state index contributed by atoms with van der Waals surface area (Å²) in [7, 11) is -3.95. The van der Waals surface area contributed by atoms with Gasteiger partial charge >= 0.3 is 0 Å². The summed E-state index contributed by atoms with van der Waals surface area (Å²) in [6, 6.07) is 12.7. The zero-order valence-corrected chi connectivity index (χ0v) is 14.7. The van der Waals surface area contributed by atoms with Crippen LogP contribution in [0.2, 0.25) is 0 Å². The van der Waals surface area contributed by atoms with Crippen LogP contribution in [0.1, 0.15) is 10.4 Å². The Hall–Kier alpha value is -2.23. The van der Waals surface area contributed by atoms with Crippen molar-refractivity contribution in [3.05, 3.63) is 58.6 Å². The Balaban J connectivity index is 2.28. The molecule has 0 spiro atoms. The van der Waals surface area contributed by atoms with Gasteiger partial charge in [-0.1, -0.05) is 18.2 Å². The van der Waals surface area contributed by atoms with Crippen LogP contribution in [0.15, 0.2) is 57.9 Å². The van der Waals surface area contributed by atoms with Crippen LogP contribution >= 0.6 is 15.9 Å². The number of sulfonamides is 1. The standard InChI is InChI=1S/C15H14BrN3O4S/c16-13-7-6-11(24(22,23)18-9-14(17)20)8-12(13)15(21)19-10-4-2-1-3-5-10/h1-8,18H,9H2,(H2,17,20)(H,19,21). The SMILES string of the molecule is NC(=O)CNS(=O)(=O)c1ccc(Br)c(C(=O)Nc2ccccc2)c1. The van der Waals surface area contributed by atoms with Crippen molar-refractivity contribution in [2.75, 3.05) is 11.9 Å². The van der Waals surface area contributed by atoms with Crippen LogP contribution in [0, 0.1) is 0 Å². The van der Waals surface area contributed by atoms with Gasteiger partial charge in [-0.3, -0.25) is 9.59 Å². The molecule has 0 heterocycles. The van der Waals surface area contributed by atoms with Crippen molar-refractivity contribution >= 4 is 43.5 Å². The van der Waals surface area contributed by atoms with E-state index in [1.54, 1.807) is 24.3 Å². The second-order valence-electron chi connectivity index (χ2n) is 4.75. The summed E-state index contributed by atoms with van der Waals surface area (Å²) < 4.78 is 26.7. The molecule has 4 N–H and O–H groups in total. The topological polar surface area (TPSA) is 118 Å². The molecule has 2 rings (SSSR count). The number of amides is 2. The number of rotatable bonds is 6. The highest BCUT2D eigenvalue weighted by Crippen LogP contribution is 2.22. The number of primary amides is 1. The molecule has 0 aromatic heterocycles. The van der Waals surface area contributed by atoms with Gasteiger partial charge in [-0.2, -0.15) is 0 Å². The number of nitrogens with one attached hydrogen (secondary N) is 2. The van der Waals surface area contributed by atoms with E-state index in [-0.39, 0.29) is 10.5 Å². The van der Waals surface area contributed by atoms with Gasteiger partial charge in [0.25, 0.3) is 5.91 Å². The molecule has 0 unspecified atom stereocenters. The molecule has 0 aliphatic carbocycles. The van der Waals surface area contributed by atoms with Gasteiger partial charge < -0.3 is 11.1 Å². The number of para-hydroxylation sites is 1. The van der Waals surface area contributed by atoms with Crippen LogP contribution in [0.4, 0.5) is 5.69 Å². The van der Waals surface area contributed by atoms with E-state index in [0.29, 0.717) is 10.2 Å². The minimum Gasteiger partial charge on any atom is -0.369 e. The molecule has 24 heavy (non-hydrogen) atoms. The predicted molar refractivity (Wildman–Crippen MR) is 92.9 cm³/mol. The van der Waals surface area contributed by atoms with Crippen LogP contribution in [0.3, 0.4) is 0 Å². The van der Waals surface area contributed by atoms with Gasteiger partial charge in [-0.05, 0) is 46.3 Å². The average molecular weight is 412 g/mol. The lowest BCUT2D eigenvalue weighted by atomic mass is 10.2. The van der Waals surface area contributed by atoms with Crippen LogP contribution in [-0.4, -0.2) is 26.8 Å². The highest BCUT2D eigenvalue weighted by Gasteiger charge is 2.19. The Morgan fingerprint density at radius 2 is 1.75 bits per heavy atom. The van der Waals surface area contributed by atoms with Crippen LogP contribution in [-0.2, 0) is 14.8 Å². The van der Waals surface area contributed by atoms with Gasteiger partial charge in [-0.15, -0.1) is 0 Å². The smallest absolute Gasteiger partial charge is 0.256 e. The van der Waals surface area contributed by atoms with Crippen LogP contribution in [0.5, 0.6) is 0 Å². The summed E-state index contributed by atoms with van der Waals surface area (Å²) in [5.41, 5.74) is 5.65. The number of hydrogen-bond donors (Lipinski definition) is 3. The molecule has 0 aliphatic heterocycles. The van der Waals surface area contributed by atoms with Crippen LogP contribution < -0.4 is 15.8 Å². The Bertz CT molecular complexity index is 870. The molecule has 0 bridgehead atoms. The van der Waals surface area contributed by atoms with Crippen molar-refractivity contribution in [3.63, 3.8) is 0 Å². The van der Waals surface area contributed by atoms with Gasteiger partial charge in [0.2, 0.25) is 15.9 Å². The quantitative estimate of drug-likeness (QED) is 0.666. The highest BCUT2D eigenvalue weighted by atomic mass is 79.9. The maximum Gasteiger partial charge on any atom is 0.256 e. The van der Waals surface area contributed by atoms with Crippen molar-refractivity contribution < 1.29 is 18.0 Å². The first-order chi connectivity index (χ1) is 11.3. The molecular formula is C15H14BrN3O4S. The molecule has 2 aromatic rings. The fourth-order valence-electron chi connectivity index (χ4n) is 1.81. The van der Waals surface area contributed by atoms with Gasteiger partial charge in [0.15, 0.2) is 0 Å². The van der Waals surface area contributed by atoms with Crippen LogP contribution in [0.25, 0.3) is 0 Å². The van der Waals surface area contributed by atoms with Gasteiger partial charge in [0.1, 0.15) is 0 Å². The molecule has 0 fully saturated rings. The minimum absolute atomic E-state index is 0.140. The lowest BCUT2D eigenvalue weighted by Gasteiger charge is -2.10. The maximum absolute atomic E-state index is 12.3. The molecule has 0 saturated carbocycles. The fraction of sp³-hybridized carbons (Fsp3) is 0.0667. The molecule has 126 valence electrons. The summed E-state index contributed by atoms with van der Waals surface area (Å²) in [6.45, 7) is -0.524. The van der Waals surface area contributed by atoms with E-state index >= 15 is 0 Å². The van der Waals surface area contributed by atoms with Gasteiger partial charge in [0.05, 0.1) is 17.0 Å². The zero-order valence-electron chi connectivity index (χ0n) is 12.3. The molecule has 7 nitrogen and oxygen atoms in total. The molecular weight excluding hydrogens is 398 g/mol. The Morgan fingerprint density at radius 3 is 2.38 bits per heavy atom. The number of carbonyl (C=O) groups excluding carboxylic acids is 2. The summed E-state index contributed by atoms with van der Waals surface area (Å²) in [5.74, 6) is -1.28. The first-order valence-corrected chi connectivity index (χ1v) is 9.01. The number of halogens is 1. The highest BCUT2D eigenvalue weighted by molar-refractivity contribution is 9.10. The zero-order chi connectivity index (χ0) is 17.7. The van der Waals surface area contributed by atoms with E-state index in [2.05, 4.69) is 26.0 Å². The fourth-order valence-corrected chi connectivity index (χ4v) is 3.26. The van der Waals surface area contributed by atoms with Crippen molar-refractivity contribution in [2.45, 2.75) is 4.90 Å². The third-order valence-corrected chi connectivity index (χ3v) is 5.05. The summed E-state index contributed by atoms with van der Waals surface area (Å²) in [5, 5.41) is 2.67. The Kier molecular flexibility index (Phi) is 5.71. The largest absolute Gasteiger partial charge is 0.369 e. The molecule has 0 saturated heterocycles. The molecule has 2 aromatic carbocycles. The first kappa shape index (κ1) is 18.1. The van der Waals surface area contributed by atoms with Crippen molar-refractivity contribution in [2.24, 2.45) is 5.73 Å². The van der Waals surface area contributed by atoms with Gasteiger partial charge in [-0.25, -0.2) is 13.1 Å². The average Bonchev–Trinajstić information content (AvgIpc) is 2.54. The summed E-state index contributed by atoms with van der Waals surface area (Å²) >= 11 is 3.22. The van der Waals surface area contributed by atoms with Crippen molar-refractivity contribution in [1.29, 1.82) is 0 Å². The Morgan fingerprint density at radius 1 is 1.08 bits per heavy atom. The second-order valence-corrected chi connectivity index (χ2v) is 7.37. The molecule has 0 aliphatic rings. The van der Waals surface area contributed by atoms with Gasteiger partial charge in [0, 0.05) is 10.2 Å². The predicted octanol–water partition coefficient (Wildman–Crippen LogP) is 1.46. The number of nitrogens with two attached hydrogens (primary N) is 1. The normalized spacial score (nSPS) is 11.0. The number of benzene rings is 2.